The summed E-state index contributed by atoms with van der Waals surface area (Å²) >= 11 is 3.23. The van der Waals surface area contributed by atoms with E-state index in [1.807, 2.05) is 4.90 Å². The van der Waals surface area contributed by atoms with E-state index in [0.29, 0.717) is 41.5 Å². The van der Waals surface area contributed by atoms with Gasteiger partial charge in [-0.15, -0.1) is 0 Å². The molecule has 3 heterocycles. The molecule has 1 atom stereocenters. The highest BCUT2D eigenvalue weighted by Crippen LogP contribution is 2.34. The van der Waals surface area contributed by atoms with E-state index in [-0.39, 0.29) is 11.6 Å². The number of aryl methyl sites for hydroxylation is 1. The number of hydrogen-bond donors (Lipinski definition) is 1. The third-order valence-corrected chi connectivity index (χ3v) is 5.47. The van der Waals surface area contributed by atoms with Gasteiger partial charge in [-0.2, -0.15) is 13.2 Å². The third kappa shape index (κ3) is 5.18. The van der Waals surface area contributed by atoms with Crippen molar-refractivity contribution in [2.45, 2.75) is 39.4 Å². The van der Waals surface area contributed by atoms with Gasteiger partial charge in [0.25, 0.3) is 0 Å². The number of halogens is 4. The molecule has 1 aliphatic rings. The van der Waals surface area contributed by atoms with Gasteiger partial charge in [0.05, 0.1) is 5.56 Å². The molecule has 0 aliphatic carbocycles. The Morgan fingerprint density at radius 1 is 1.37 bits per heavy atom. The minimum Gasteiger partial charge on any atom is -0.354 e. The Balaban J connectivity index is 2.01. The zero-order chi connectivity index (χ0) is 22.1. The average molecular weight is 485 g/mol. The maximum atomic E-state index is 13.6. The highest BCUT2D eigenvalue weighted by molar-refractivity contribution is 9.10. The first-order valence-electron chi connectivity index (χ1n) is 9.79. The number of aromatic nitrogens is 2. The molecular weight excluding hydrogens is 461 g/mol. The monoisotopic (exact) mass is 484 g/mol. The van der Waals surface area contributed by atoms with Gasteiger partial charge < -0.3 is 10.2 Å². The predicted octanol–water partition coefficient (Wildman–Crippen LogP) is 4.62. The number of carbonyl (C=O) groups is 1. The van der Waals surface area contributed by atoms with Crippen LogP contribution < -0.4 is 10.2 Å². The summed E-state index contributed by atoms with van der Waals surface area (Å²) in [7, 11) is 0. The molecule has 162 valence electrons. The highest BCUT2D eigenvalue weighted by atomic mass is 79.9. The molecule has 9 heteroatoms. The molecule has 1 N–H and O–H groups in total. The van der Waals surface area contributed by atoms with Crippen molar-refractivity contribution in [2.24, 2.45) is 5.92 Å². The normalized spacial score (nSPS) is 17.5. The van der Waals surface area contributed by atoms with Crippen LogP contribution in [0.1, 0.15) is 47.6 Å². The van der Waals surface area contributed by atoms with Gasteiger partial charge in [-0.1, -0.05) is 13.8 Å². The number of ketones is 1. The number of nitrogens with one attached hydrogen (secondary N) is 1. The lowest BCUT2D eigenvalue weighted by Crippen LogP contribution is -2.51. The summed E-state index contributed by atoms with van der Waals surface area (Å²) in [6.45, 7) is 7.78. The van der Waals surface area contributed by atoms with Crippen LogP contribution in [0.15, 0.2) is 28.9 Å². The second-order valence-corrected chi connectivity index (χ2v) is 8.82. The van der Waals surface area contributed by atoms with Crippen molar-refractivity contribution < 1.29 is 18.0 Å². The van der Waals surface area contributed by atoms with Crippen LogP contribution in [0.5, 0.6) is 0 Å². The SMILES string of the molecule is Cc1ncc(Br)cc1C(=O)c1nc(N2CCN[C@@H](CC(C)C)C2)ccc1C(F)(F)F. The third-order valence-electron chi connectivity index (χ3n) is 5.03. The van der Waals surface area contributed by atoms with Crippen LogP contribution >= 0.6 is 15.9 Å². The summed E-state index contributed by atoms with van der Waals surface area (Å²) in [5, 5.41) is 3.43. The van der Waals surface area contributed by atoms with E-state index in [1.165, 1.54) is 18.3 Å². The lowest BCUT2D eigenvalue weighted by molar-refractivity contribution is -0.138. The van der Waals surface area contributed by atoms with Crippen molar-refractivity contribution in [1.29, 1.82) is 0 Å². The zero-order valence-corrected chi connectivity index (χ0v) is 18.6. The summed E-state index contributed by atoms with van der Waals surface area (Å²) in [5.41, 5.74) is -1.19. The number of nitrogens with zero attached hydrogens (tertiary/aromatic N) is 3. The second-order valence-electron chi connectivity index (χ2n) is 7.91. The molecule has 0 spiro atoms. The topological polar surface area (TPSA) is 58.1 Å². The number of anilines is 1. The number of alkyl halides is 3. The van der Waals surface area contributed by atoms with Gasteiger partial charge in [-0.3, -0.25) is 9.78 Å². The molecular formula is C21H24BrF3N4O. The van der Waals surface area contributed by atoms with Crippen molar-refractivity contribution in [2.75, 3.05) is 24.5 Å². The molecule has 0 bridgehead atoms. The first-order chi connectivity index (χ1) is 14.1. The lowest BCUT2D eigenvalue weighted by atomic mass is 10.0. The Kier molecular flexibility index (Phi) is 6.81. The molecule has 30 heavy (non-hydrogen) atoms. The minimum atomic E-state index is -4.69. The maximum Gasteiger partial charge on any atom is 0.418 e. The van der Waals surface area contributed by atoms with Crippen molar-refractivity contribution in [3.05, 3.63) is 51.4 Å². The van der Waals surface area contributed by atoms with Crippen molar-refractivity contribution >= 4 is 27.5 Å². The van der Waals surface area contributed by atoms with Gasteiger partial charge in [0.15, 0.2) is 0 Å². The Bertz CT molecular complexity index is 933. The molecule has 1 aliphatic heterocycles. The largest absolute Gasteiger partial charge is 0.418 e. The van der Waals surface area contributed by atoms with Gasteiger partial charge in [-0.05, 0) is 53.4 Å². The van der Waals surface area contributed by atoms with Gasteiger partial charge in [-0.25, -0.2) is 4.98 Å². The number of rotatable bonds is 5. The summed E-state index contributed by atoms with van der Waals surface area (Å²) in [5.74, 6) is 0.0821. The summed E-state index contributed by atoms with van der Waals surface area (Å²) in [6, 6.07) is 4.00. The van der Waals surface area contributed by atoms with Crippen LogP contribution in [0, 0.1) is 12.8 Å². The molecule has 0 aromatic carbocycles. The fourth-order valence-corrected chi connectivity index (χ4v) is 3.98. The average Bonchev–Trinajstić information content (AvgIpc) is 2.68. The number of carbonyl (C=O) groups excluding carboxylic acids is 1. The molecule has 1 saturated heterocycles. The van der Waals surface area contributed by atoms with E-state index in [9.17, 15) is 18.0 Å². The number of hydrogen-bond acceptors (Lipinski definition) is 5. The fourth-order valence-electron chi connectivity index (χ4n) is 3.65. The standard InChI is InChI=1S/C21H24BrF3N4O/c1-12(2)8-15-11-29(7-6-26-15)18-5-4-17(21(23,24)25)19(28-18)20(30)16-9-14(22)10-27-13(16)3/h4-5,9-10,12,15,26H,6-8,11H2,1-3H3/t15-/m0/s1. The van der Waals surface area contributed by atoms with Crippen LogP contribution in [0.25, 0.3) is 0 Å². The minimum absolute atomic E-state index is 0.0949. The first-order valence-corrected chi connectivity index (χ1v) is 10.6. The first kappa shape index (κ1) is 22.7. The van der Waals surface area contributed by atoms with E-state index < -0.39 is 23.2 Å². The van der Waals surface area contributed by atoms with E-state index >= 15 is 0 Å². The van der Waals surface area contributed by atoms with Crippen molar-refractivity contribution in [3.8, 4) is 0 Å². The molecule has 0 unspecified atom stereocenters. The number of piperazine rings is 1. The molecule has 0 saturated carbocycles. The van der Waals surface area contributed by atoms with Crippen LogP contribution in [-0.2, 0) is 6.18 Å². The van der Waals surface area contributed by atoms with Crippen LogP contribution in [0.2, 0.25) is 0 Å². The molecule has 3 rings (SSSR count). The zero-order valence-electron chi connectivity index (χ0n) is 17.1. The van der Waals surface area contributed by atoms with E-state index in [0.717, 1.165) is 12.5 Å². The Morgan fingerprint density at radius 2 is 2.10 bits per heavy atom. The summed E-state index contributed by atoms with van der Waals surface area (Å²) in [6.07, 6.45) is -2.24. The van der Waals surface area contributed by atoms with Gasteiger partial charge >= 0.3 is 6.18 Å². The molecule has 2 aromatic heterocycles. The predicted molar refractivity (Wildman–Crippen MR) is 113 cm³/mol. The van der Waals surface area contributed by atoms with Crippen molar-refractivity contribution in [1.82, 2.24) is 15.3 Å². The molecule has 2 aromatic rings. The van der Waals surface area contributed by atoms with E-state index in [2.05, 4.69) is 45.1 Å². The van der Waals surface area contributed by atoms with Crippen LogP contribution in [0.3, 0.4) is 0 Å². The maximum absolute atomic E-state index is 13.6. The quantitative estimate of drug-likeness (QED) is 0.627. The molecule has 5 nitrogen and oxygen atoms in total. The van der Waals surface area contributed by atoms with E-state index in [1.54, 1.807) is 6.92 Å². The van der Waals surface area contributed by atoms with Crippen molar-refractivity contribution in [3.63, 3.8) is 0 Å². The highest BCUT2D eigenvalue weighted by Gasteiger charge is 2.37. The lowest BCUT2D eigenvalue weighted by Gasteiger charge is -2.35. The van der Waals surface area contributed by atoms with E-state index in [4.69, 9.17) is 0 Å². The second kappa shape index (κ2) is 9.01. The Labute approximate surface area is 182 Å². The number of pyridine rings is 2. The van der Waals surface area contributed by atoms with Gasteiger partial charge in [0, 0.05) is 47.6 Å². The Hall–Kier alpha value is -2.00. The van der Waals surface area contributed by atoms with Crippen LogP contribution in [-0.4, -0.2) is 41.4 Å². The van der Waals surface area contributed by atoms with Crippen LogP contribution in [0.4, 0.5) is 19.0 Å². The molecule has 1 fully saturated rings. The smallest absolute Gasteiger partial charge is 0.354 e. The molecule has 0 radical (unpaired) electrons. The summed E-state index contributed by atoms with van der Waals surface area (Å²) in [4.78, 5) is 23.3. The van der Waals surface area contributed by atoms with Gasteiger partial charge in [0.1, 0.15) is 11.5 Å². The van der Waals surface area contributed by atoms with Gasteiger partial charge in [0.2, 0.25) is 5.78 Å². The molecule has 0 amide bonds. The fraction of sp³-hybridized carbons (Fsp3) is 0.476. The Morgan fingerprint density at radius 3 is 2.77 bits per heavy atom. The summed E-state index contributed by atoms with van der Waals surface area (Å²) < 4.78 is 41.4.